The van der Waals surface area contributed by atoms with Crippen LogP contribution in [0.25, 0.3) is 17.2 Å². The van der Waals surface area contributed by atoms with E-state index in [4.69, 9.17) is 5.73 Å². The highest BCUT2D eigenvalue weighted by Crippen LogP contribution is 2.22. The van der Waals surface area contributed by atoms with Gasteiger partial charge in [0.1, 0.15) is 0 Å². The molecule has 0 aliphatic rings. The van der Waals surface area contributed by atoms with Gasteiger partial charge < -0.3 is 5.73 Å². The SMILES string of the molecule is Cn1cc(-c2ccncc2C=CC(N)=O)cn1. The summed E-state index contributed by atoms with van der Waals surface area (Å²) in [6, 6.07) is 1.87. The van der Waals surface area contributed by atoms with Gasteiger partial charge in [0, 0.05) is 42.8 Å². The molecule has 5 heteroatoms. The van der Waals surface area contributed by atoms with Crippen molar-refractivity contribution < 1.29 is 4.79 Å². The Morgan fingerprint density at radius 3 is 2.94 bits per heavy atom. The summed E-state index contributed by atoms with van der Waals surface area (Å²) in [6.07, 6.45) is 10.0. The molecule has 86 valence electrons. The molecule has 2 aromatic heterocycles. The number of rotatable bonds is 3. The zero-order chi connectivity index (χ0) is 12.3. The monoisotopic (exact) mass is 228 g/mol. The minimum atomic E-state index is -0.481. The summed E-state index contributed by atoms with van der Waals surface area (Å²) in [5, 5.41) is 4.11. The number of nitrogens with two attached hydrogens (primary N) is 1. The van der Waals surface area contributed by atoms with Crippen molar-refractivity contribution in [1.29, 1.82) is 0 Å². The van der Waals surface area contributed by atoms with Crippen molar-refractivity contribution >= 4 is 12.0 Å². The lowest BCUT2D eigenvalue weighted by atomic mass is 10.1. The summed E-state index contributed by atoms with van der Waals surface area (Å²) in [5.41, 5.74) is 7.84. The first kappa shape index (κ1) is 11.1. The second-order valence-electron chi connectivity index (χ2n) is 3.60. The van der Waals surface area contributed by atoms with Crippen LogP contribution in [0.15, 0.2) is 36.9 Å². The number of aryl methyl sites for hydroxylation is 1. The maximum absolute atomic E-state index is 10.7. The van der Waals surface area contributed by atoms with Crippen molar-refractivity contribution in [2.45, 2.75) is 0 Å². The Morgan fingerprint density at radius 2 is 2.29 bits per heavy atom. The molecule has 5 nitrogen and oxygen atoms in total. The molecule has 0 radical (unpaired) electrons. The van der Waals surface area contributed by atoms with E-state index in [0.717, 1.165) is 16.7 Å². The average Bonchev–Trinajstić information content (AvgIpc) is 2.73. The highest BCUT2D eigenvalue weighted by atomic mass is 16.1. The van der Waals surface area contributed by atoms with Crippen LogP contribution in [-0.4, -0.2) is 20.7 Å². The summed E-state index contributed by atoms with van der Waals surface area (Å²) >= 11 is 0. The van der Waals surface area contributed by atoms with Gasteiger partial charge in [0.2, 0.25) is 5.91 Å². The fraction of sp³-hybridized carbons (Fsp3) is 0.0833. The number of carbonyl (C=O) groups excluding carboxylic acids is 1. The molecule has 2 heterocycles. The van der Waals surface area contributed by atoms with E-state index in [9.17, 15) is 4.79 Å². The Hall–Kier alpha value is -2.43. The molecule has 2 rings (SSSR count). The molecule has 0 aliphatic heterocycles. The van der Waals surface area contributed by atoms with Crippen LogP contribution in [0.3, 0.4) is 0 Å². The van der Waals surface area contributed by atoms with Crippen molar-refractivity contribution in [3.63, 3.8) is 0 Å². The van der Waals surface area contributed by atoms with Crippen LogP contribution >= 0.6 is 0 Å². The molecule has 1 amide bonds. The summed E-state index contributed by atoms with van der Waals surface area (Å²) in [6.45, 7) is 0. The number of hydrogen-bond acceptors (Lipinski definition) is 3. The van der Waals surface area contributed by atoms with Gasteiger partial charge in [0.05, 0.1) is 6.20 Å². The van der Waals surface area contributed by atoms with E-state index in [1.165, 1.54) is 6.08 Å². The molecular formula is C12H12N4O. The third kappa shape index (κ3) is 2.57. The highest BCUT2D eigenvalue weighted by Gasteiger charge is 2.04. The van der Waals surface area contributed by atoms with Crippen LogP contribution in [0.5, 0.6) is 0 Å². The van der Waals surface area contributed by atoms with Crippen molar-refractivity contribution in [3.05, 3.63) is 42.5 Å². The van der Waals surface area contributed by atoms with Crippen molar-refractivity contribution in [3.8, 4) is 11.1 Å². The van der Waals surface area contributed by atoms with Gasteiger partial charge >= 0.3 is 0 Å². The molecule has 17 heavy (non-hydrogen) atoms. The molecule has 0 fully saturated rings. The van der Waals surface area contributed by atoms with Crippen LogP contribution in [0.1, 0.15) is 5.56 Å². The van der Waals surface area contributed by atoms with E-state index >= 15 is 0 Å². The van der Waals surface area contributed by atoms with Crippen molar-refractivity contribution in [1.82, 2.24) is 14.8 Å². The van der Waals surface area contributed by atoms with Crippen LogP contribution in [0.4, 0.5) is 0 Å². The molecule has 2 N–H and O–H groups in total. The smallest absolute Gasteiger partial charge is 0.241 e. The van der Waals surface area contributed by atoms with Gasteiger partial charge in [0.15, 0.2) is 0 Å². The zero-order valence-electron chi connectivity index (χ0n) is 9.37. The topological polar surface area (TPSA) is 73.8 Å². The second kappa shape index (κ2) is 4.61. The van der Waals surface area contributed by atoms with Gasteiger partial charge in [-0.1, -0.05) is 0 Å². The highest BCUT2D eigenvalue weighted by molar-refractivity contribution is 5.91. The molecule has 0 bridgehead atoms. The standard InChI is InChI=1S/C12H12N4O/c1-16-8-10(7-15-16)11-4-5-14-6-9(11)2-3-12(13)17/h2-8H,1H3,(H2,13,17). The first-order valence-corrected chi connectivity index (χ1v) is 5.07. The Kier molecular flexibility index (Phi) is 3.00. The minimum absolute atomic E-state index is 0.481. The fourth-order valence-corrected chi connectivity index (χ4v) is 1.53. The van der Waals surface area contributed by atoms with Gasteiger partial charge in [-0.25, -0.2) is 0 Å². The lowest BCUT2D eigenvalue weighted by Crippen LogP contribution is -2.05. The summed E-state index contributed by atoms with van der Waals surface area (Å²) < 4.78 is 1.72. The van der Waals surface area contributed by atoms with Crippen LogP contribution < -0.4 is 5.73 Å². The first-order chi connectivity index (χ1) is 8.16. The van der Waals surface area contributed by atoms with E-state index in [1.807, 2.05) is 19.3 Å². The van der Waals surface area contributed by atoms with Crippen molar-refractivity contribution in [2.75, 3.05) is 0 Å². The molecule has 0 spiro atoms. The van der Waals surface area contributed by atoms with Crippen LogP contribution in [-0.2, 0) is 11.8 Å². The van der Waals surface area contributed by atoms with Gasteiger partial charge in [-0.2, -0.15) is 5.10 Å². The summed E-state index contributed by atoms with van der Waals surface area (Å²) in [5.74, 6) is -0.481. The normalized spacial score (nSPS) is 10.9. The Bertz CT molecular complexity index is 571. The van der Waals surface area contributed by atoms with E-state index in [0.29, 0.717) is 0 Å². The lowest BCUT2D eigenvalue weighted by molar-refractivity contribution is -0.113. The molecule has 0 atom stereocenters. The second-order valence-corrected chi connectivity index (χ2v) is 3.60. The largest absolute Gasteiger partial charge is 0.366 e. The summed E-state index contributed by atoms with van der Waals surface area (Å²) in [4.78, 5) is 14.7. The predicted octanol–water partition coefficient (Wildman–Crippen LogP) is 0.981. The average molecular weight is 228 g/mol. The number of hydrogen-bond donors (Lipinski definition) is 1. The molecule has 0 aliphatic carbocycles. The Balaban J connectivity index is 2.44. The number of nitrogens with zero attached hydrogens (tertiary/aromatic N) is 3. The van der Waals surface area contributed by atoms with Gasteiger partial charge in [0.25, 0.3) is 0 Å². The van der Waals surface area contributed by atoms with Gasteiger partial charge in [-0.05, 0) is 17.7 Å². The Morgan fingerprint density at radius 1 is 1.47 bits per heavy atom. The number of aromatic nitrogens is 3. The molecule has 0 aromatic carbocycles. The molecule has 0 saturated heterocycles. The number of pyridine rings is 1. The molecule has 0 unspecified atom stereocenters. The predicted molar refractivity (Wildman–Crippen MR) is 64.7 cm³/mol. The lowest BCUT2D eigenvalue weighted by Gasteiger charge is -2.01. The van der Waals surface area contributed by atoms with Gasteiger partial charge in [-0.15, -0.1) is 0 Å². The number of amides is 1. The molecule has 2 aromatic rings. The molecule has 0 saturated carbocycles. The number of carbonyl (C=O) groups is 1. The Labute approximate surface area is 98.6 Å². The first-order valence-electron chi connectivity index (χ1n) is 5.07. The zero-order valence-corrected chi connectivity index (χ0v) is 9.37. The third-order valence-corrected chi connectivity index (χ3v) is 2.29. The molecular weight excluding hydrogens is 216 g/mol. The van der Waals surface area contributed by atoms with Crippen molar-refractivity contribution in [2.24, 2.45) is 12.8 Å². The third-order valence-electron chi connectivity index (χ3n) is 2.29. The van der Waals surface area contributed by atoms with Crippen LogP contribution in [0, 0.1) is 0 Å². The minimum Gasteiger partial charge on any atom is -0.366 e. The quantitative estimate of drug-likeness (QED) is 0.796. The van der Waals surface area contributed by atoms with E-state index in [1.54, 1.807) is 29.3 Å². The van der Waals surface area contributed by atoms with Gasteiger partial charge in [-0.3, -0.25) is 14.5 Å². The maximum atomic E-state index is 10.7. The van der Waals surface area contributed by atoms with E-state index < -0.39 is 5.91 Å². The maximum Gasteiger partial charge on any atom is 0.241 e. The van der Waals surface area contributed by atoms with Crippen LogP contribution in [0.2, 0.25) is 0 Å². The summed E-state index contributed by atoms with van der Waals surface area (Å²) in [7, 11) is 1.85. The fourth-order valence-electron chi connectivity index (χ4n) is 1.53. The van der Waals surface area contributed by atoms with E-state index in [-0.39, 0.29) is 0 Å². The van der Waals surface area contributed by atoms with E-state index in [2.05, 4.69) is 10.1 Å². The number of primary amides is 1.